The van der Waals surface area contributed by atoms with Gasteiger partial charge in [0.05, 0.1) is 17.3 Å². The number of rotatable bonds is 2. The first-order valence-electron chi connectivity index (χ1n) is 5.20. The third-order valence-corrected chi connectivity index (χ3v) is 2.25. The maximum absolute atomic E-state index is 13.1. The van der Waals surface area contributed by atoms with Gasteiger partial charge in [0.1, 0.15) is 5.82 Å². The number of aromatic nitrogens is 1. The molecule has 1 heterocycles. The summed E-state index contributed by atoms with van der Waals surface area (Å²) >= 11 is 0. The second kappa shape index (κ2) is 4.72. The molecule has 2 N–H and O–H groups in total. The van der Waals surface area contributed by atoms with Crippen LogP contribution in [0.3, 0.4) is 0 Å². The van der Waals surface area contributed by atoms with E-state index in [4.69, 9.17) is 15.7 Å². The monoisotopic (exact) mass is 243 g/mol. The van der Waals surface area contributed by atoms with Gasteiger partial charge >= 0.3 is 0 Å². The van der Waals surface area contributed by atoms with Crippen LogP contribution in [0.15, 0.2) is 30.3 Å². The Morgan fingerprint density at radius 3 is 2.83 bits per heavy atom. The van der Waals surface area contributed by atoms with E-state index in [1.807, 2.05) is 6.07 Å². The Labute approximate surface area is 103 Å². The van der Waals surface area contributed by atoms with E-state index in [0.717, 1.165) is 0 Å². The van der Waals surface area contributed by atoms with Crippen LogP contribution in [0.25, 0.3) is 0 Å². The molecule has 0 bridgehead atoms. The number of nitrogen functional groups attached to an aromatic ring is 1. The molecule has 0 spiro atoms. The Morgan fingerprint density at radius 2 is 2.11 bits per heavy atom. The normalized spacial score (nSPS) is 9.83. The maximum atomic E-state index is 13.1. The molecule has 2 rings (SSSR count). The van der Waals surface area contributed by atoms with Gasteiger partial charge in [-0.1, -0.05) is 0 Å². The molecule has 0 aliphatic carbocycles. The predicted molar refractivity (Wildman–Crippen MR) is 64.6 cm³/mol. The molecule has 1 aromatic carbocycles. The molecule has 0 atom stereocenters. The summed E-state index contributed by atoms with van der Waals surface area (Å²) in [4.78, 5) is 4.10. The topological polar surface area (TPSA) is 71.9 Å². The average molecular weight is 243 g/mol. The van der Waals surface area contributed by atoms with Crippen LogP contribution in [0.1, 0.15) is 11.3 Å². The number of hydrogen-bond acceptors (Lipinski definition) is 4. The predicted octanol–water partition coefficient (Wildman–Crippen LogP) is 2.78. The van der Waals surface area contributed by atoms with E-state index in [0.29, 0.717) is 16.9 Å². The van der Waals surface area contributed by atoms with Crippen molar-refractivity contribution in [1.82, 2.24) is 4.98 Å². The molecule has 0 aliphatic rings. The first kappa shape index (κ1) is 11.9. The quantitative estimate of drug-likeness (QED) is 0.823. The van der Waals surface area contributed by atoms with Gasteiger partial charge < -0.3 is 10.5 Å². The highest BCUT2D eigenvalue weighted by Crippen LogP contribution is 2.27. The lowest BCUT2D eigenvalue weighted by atomic mass is 10.2. The summed E-state index contributed by atoms with van der Waals surface area (Å²) in [5.74, 6) is -0.0619. The molecule has 0 saturated heterocycles. The van der Waals surface area contributed by atoms with Gasteiger partial charge in [-0.15, -0.1) is 0 Å². The van der Waals surface area contributed by atoms with Gasteiger partial charge in [-0.05, 0) is 25.1 Å². The van der Waals surface area contributed by atoms with Crippen LogP contribution in [-0.4, -0.2) is 4.98 Å². The largest absolute Gasteiger partial charge is 0.437 e. The number of halogens is 1. The summed E-state index contributed by atoms with van der Waals surface area (Å²) in [6.45, 7) is 1.74. The number of aryl methyl sites for hydroxylation is 1. The molecule has 4 nitrogen and oxygen atoms in total. The summed E-state index contributed by atoms with van der Waals surface area (Å²) in [6.07, 6.45) is 0. The highest BCUT2D eigenvalue weighted by Gasteiger charge is 2.06. The Hall–Kier alpha value is -2.61. The van der Waals surface area contributed by atoms with E-state index in [9.17, 15) is 4.39 Å². The van der Waals surface area contributed by atoms with Crippen LogP contribution < -0.4 is 10.5 Å². The molecule has 18 heavy (non-hydrogen) atoms. The second-order valence-corrected chi connectivity index (χ2v) is 3.73. The van der Waals surface area contributed by atoms with Gasteiger partial charge in [-0.25, -0.2) is 9.37 Å². The number of nitriles is 1. The molecular weight excluding hydrogens is 233 g/mol. The van der Waals surface area contributed by atoms with Crippen LogP contribution in [0.5, 0.6) is 11.6 Å². The van der Waals surface area contributed by atoms with E-state index in [2.05, 4.69) is 4.98 Å². The van der Waals surface area contributed by atoms with Crippen LogP contribution in [0.2, 0.25) is 0 Å². The fraction of sp³-hybridized carbons (Fsp3) is 0.0769. The summed E-state index contributed by atoms with van der Waals surface area (Å²) in [5, 5.41) is 8.83. The molecule has 2 aromatic rings. The van der Waals surface area contributed by atoms with Crippen molar-refractivity contribution < 1.29 is 9.13 Å². The van der Waals surface area contributed by atoms with Gasteiger partial charge in [0.15, 0.2) is 5.75 Å². The third kappa shape index (κ3) is 2.55. The van der Waals surface area contributed by atoms with Crippen LogP contribution in [0.4, 0.5) is 10.1 Å². The highest BCUT2D eigenvalue weighted by atomic mass is 19.1. The number of pyridine rings is 1. The minimum Gasteiger partial charge on any atom is -0.437 e. The SMILES string of the molecule is Cc1cc(C#N)cc(Oc2cc(F)ccc2N)n1. The molecule has 1 aromatic heterocycles. The Kier molecular flexibility index (Phi) is 3.11. The number of ether oxygens (including phenoxy) is 1. The van der Waals surface area contributed by atoms with Gasteiger partial charge in [0.25, 0.3) is 0 Å². The molecule has 0 amide bonds. The van der Waals surface area contributed by atoms with Crippen molar-refractivity contribution >= 4 is 5.69 Å². The molecular formula is C13H10FN3O. The molecule has 0 saturated carbocycles. The lowest BCUT2D eigenvalue weighted by Crippen LogP contribution is -1.96. The van der Waals surface area contributed by atoms with E-state index in [-0.39, 0.29) is 11.6 Å². The van der Waals surface area contributed by atoms with E-state index in [1.165, 1.54) is 24.3 Å². The highest BCUT2D eigenvalue weighted by molar-refractivity contribution is 5.53. The van der Waals surface area contributed by atoms with Crippen molar-refractivity contribution in [2.24, 2.45) is 0 Å². The summed E-state index contributed by atoms with van der Waals surface area (Å²) in [6, 6.07) is 8.91. The van der Waals surface area contributed by atoms with Crippen molar-refractivity contribution in [2.45, 2.75) is 6.92 Å². The average Bonchev–Trinajstić information content (AvgIpc) is 2.33. The molecule has 0 fully saturated rings. The van der Waals surface area contributed by atoms with Gasteiger partial charge in [0, 0.05) is 17.8 Å². The zero-order valence-corrected chi connectivity index (χ0v) is 9.64. The van der Waals surface area contributed by atoms with Crippen LogP contribution in [0, 0.1) is 24.1 Å². The number of anilines is 1. The second-order valence-electron chi connectivity index (χ2n) is 3.73. The first-order chi connectivity index (χ1) is 8.58. The Bertz CT molecular complexity index is 635. The molecule has 90 valence electrons. The van der Waals surface area contributed by atoms with Gasteiger partial charge in [-0.2, -0.15) is 5.26 Å². The van der Waals surface area contributed by atoms with Crippen LogP contribution in [-0.2, 0) is 0 Å². The van der Waals surface area contributed by atoms with Gasteiger partial charge in [0.2, 0.25) is 5.88 Å². The minimum atomic E-state index is -0.452. The van der Waals surface area contributed by atoms with Crippen molar-refractivity contribution in [1.29, 1.82) is 5.26 Å². The zero-order chi connectivity index (χ0) is 13.1. The molecule has 0 unspecified atom stereocenters. The minimum absolute atomic E-state index is 0.178. The fourth-order valence-corrected chi connectivity index (χ4v) is 1.46. The lowest BCUT2D eigenvalue weighted by Gasteiger charge is -2.08. The number of benzene rings is 1. The number of hydrogen-bond donors (Lipinski definition) is 1. The maximum Gasteiger partial charge on any atom is 0.220 e. The zero-order valence-electron chi connectivity index (χ0n) is 9.64. The van der Waals surface area contributed by atoms with E-state index < -0.39 is 5.82 Å². The smallest absolute Gasteiger partial charge is 0.220 e. The van der Waals surface area contributed by atoms with Crippen LogP contribution >= 0.6 is 0 Å². The number of nitrogens with two attached hydrogens (primary N) is 1. The van der Waals surface area contributed by atoms with Crippen molar-refractivity contribution in [2.75, 3.05) is 5.73 Å². The lowest BCUT2D eigenvalue weighted by molar-refractivity contribution is 0.459. The van der Waals surface area contributed by atoms with Crippen molar-refractivity contribution in [3.63, 3.8) is 0 Å². The van der Waals surface area contributed by atoms with Gasteiger partial charge in [-0.3, -0.25) is 0 Å². The Balaban J connectivity index is 2.37. The summed E-state index contributed by atoms with van der Waals surface area (Å²) in [5.41, 5.74) is 7.03. The van der Waals surface area contributed by atoms with E-state index >= 15 is 0 Å². The van der Waals surface area contributed by atoms with E-state index in [1.54, 1.807) is 13.0 Å². The van der Waals surface area contributed by atoms with Crippen molar-refractivity contribution in [3.05, 3.63) is 47.4 Å². The molecule has 0 aliphatic heterocycles. The van der Waals surface area contributed by atoms with Crippen molar-refractivity contribution in [3.8, 4) is 17.7 Å². The first-order valence-corrected chi connectivity index (χ1v) is 5.20. The number of nitrogens with zero attached hydrogens (tertiary/aromatic N) is 2. The summed E-state index contributed by atoms with van der Waals surface area (Å²) < 4.78 is 18.5. The summed E-state index contributed by atoms with van der Waals surface area (Å²) in [7, 11) is 0. The molecule has 5 heteroatoms. The Morgan fingerprint density at radius 1 is 1.33 bits per heavy atom. The third-order valence-electron chi connectivity index (χ3n) is 2.25. The fourth-order valence-electron chi connectivity index (χ4n) is 1.46. The standard InChI is InChI=1S/C13H10FN3O/c1-8-4-9(7-15)5-13(17-8)18-12-6-10(14)2-3-11(12)16/h2-6H,16H2,1H3. The molecule has 0 radical (unpaired) electrons.